The zero-order valence-electron chi connectivity index (χ0n) is 14.8. The summed E-state index contributed by atoms with van der Waals surface area (Å²) in [6.45, 7) is 0.263. The molecule has 0 aliphatic rings. The van der Waals surface area contributed by atoms with Gasteiger partial charge in [0, 0.05) is 11.8 Å². The predicted molar refractivity (Wildman–Crippen MR) is 102 cm³/mol. The van der Waals surface area contributed by atoms with Gasteiger partial charge in [-0.05, 0) is 47.5 Å². The maximum Gasteiger partial charge on any atom is 0.251 e. The first kappa shape index (κ1) is 17.5. The molecule has 0 radical (unpaired) electrons. The van der Waals surface area contributed by atoms with E-state index in [-0.39, 0.29) is 18.3 Å². The molecular formula is C21H16FN5O. The summed E-state index contributed by atoms with van der Waals surface area (Å²) < 4.78 is 14.6. The number of hydrogen-bond donors (Lipinski definition) is 1. The van der Waals surface area contributed by atoms with Gasteiger partial charge in [-0.15, -0.1) is 5.10 Å². The van der Waals surface area contributed by atoms with E-state index in [1.165, 1.54) is 12.1 Å². The Morgan fingerprint density at radius 3 is 2.39 bits per heavy atom. The van der Waals surface area contributed by atoms with E-state index >= 15 is 0 Å². The number of amides is 1. The minimum absolute atomic E-state index is 0.207. The number of pyridine rings is 1. The van der Waals surface area contributed by atoms with E-state index < -0.39 is 0 Å². The summed E-state index contributed by atoms with van der Waals surface area (Å²) in [5.41, 5.74) is 3.77. The molecule has 2 aromatic carbocycles. The number of carbonyl (C=O) groups excluding carboxylic acids is 1. The smallest absolute Gasteiger partial charge is 0.251 e. The van der Waals surface area contributed by atoms with E-state index in [4.69, 9.17) is 0 Å². The Balaban J connectivity index is 1.39. The van der Waals surface area contributed by atoms with Gasteiger partial charge in [-0.1, -0.05) is 29.5 Å². The molecule has 0 aliphatic carbocycles. The van der Waals surface area contributed by atoms with Gasteiger partial charge in [-0.25, -0.2) is 9.07 Å². The molecule has 1 N–H and O–H groups in total. The number of halogens is 1. The van der Waals surface area contributed by atoms with E-state index in [0.29, 0.717) is 11.3 Å². The fourth-order valence-electron chi connectivity index (χ4n) is 2.72. The zero-order chi connectivity index (χ0) is 19.3. The average molecular weight is 373 g/mol. The van der Waals surface area contributed by atoms with Crippen molar-refractivity contribution in [2.75, 3.05) is 0 Å². The summed E-state index contributed by atoms with van der Waals surface area (Å²) in [6, 6.07) is 17.1. The van der Waals surface area contributed by atoms with Gasteiger partial charge in [0.25, 0.3) is 5.91 Å². The molecule has 0 saturated heterocycles. The van der Waals surface area contributed by atoms with Gasteiger partial charge >= 0.3 is 0 Å². The molecule has 4 aromatic rings. The van der Waals surface area contributed by atoms with Gasteiger partial charge in [0.05, 0.1) is 24.6 Å². The van der Waals surface area contributed by atoms with Gasteiger partial charge in [0.1, 0.15) is 11.5 Å². The maximum absolute atomic E-state index is 13.0. The molecule has 0 bridgehead atoms. The molecule has 28 heavy (non-hydrogen) atoms. The highest BCUT2D eigenvalue weighted by molar-refractivity contribution is 5.94. The molecule has 7 heteroatoms. The number of carbonyl (C=O) groups is 1. The van der Waals surface area contributed by atoms with E-state index in [2.05, 4.69) is 20.6 Å². The number of aromatic nitrogens is 4. The van der Waals surface area contributed by atoms with Crippen molar-refractivity contribution in [1.29, 1.82) is 0 Å². The average Bonchev–Trinajstić information content (AvgIpc) is 3.22. The second-order valence-corrected chi connectivity index (χ2v) is 6.13. The van der Waals surface area contributed by atoms with E-state index in [1.54, 1.807) is 47.5 Å². The second kappa shape index (κ2) is 7.79. The normalized spacial score (nSPS) is 10.6. The third-order valence-electron chi connectivity index (χ3n) is 4.21. The largest absolute Gasteiger partial charge is 0.346 e. The van der Waals surface area contributed by atoms with Gasteiger partial charge < -0.3 is 5.32 Å². The molecule has 138 valence electrons. The predicted octanol–water partition coefficient (Wildman–Crippen LogP) is 3.40. The highest BCUT2D eigenvalue weighted by Crippen LogP contribution is 2.20. The van der Waals surface area contributed by atoms with E-state index in [0.717, 1.165) is 16.8 Å². The van der Waals surface area contributed by atoms with E-state index in [1.807, 2.05) is 24.3 Å². The molecule has 1 amide bonds. The summed E-state index contributed by atoms with van der Waals surface area (Å²) in [6.07, 6.45) is 5.11. The minimum atomic E-state index is -0.278. The van der Waals surface area contributed by atoms with Crippen molar-refractivity contribution in [3.8, 4) is 16.8 Å². The molecule has 0 fully saturated rings. The minimum Gasteiger partial charge on any atom is -0.346 e. The van der Waals surface area contributed by atoms with Gasteiger partial charge in [-0.2, -0.15) is 0 Å². The van der Waals surface area contributed by atoms with E-state index in [9.17, 15) is 9.18 Å². The first-order chi connectivity index (χ1) is 13.7. The standard InChI is InChI=1S/C21H16FN5O/c22-18-9-7-16(8-10-18)15-3-5-17(6-4-15)21(28)24-12-19-14-27(26-25-19)20-2-1-11-23-13-20/h1-11,13-14H,12H2,(H,24,28). The molecule has 2 heterocycles. The molecule has 0 saturated carbocycles. The van der Waals surface area contributed by atoms with Crippen LogP contribution in [-0.4, -0.2) is 25.9 Å². The number of rotatable bonds is 5. The van der Waals surface area contributed by atoms with Crippen molar-refractivity contribution in [2.45, 2.75) is 6.54 Å². The first-order valence-corrected chi connectivity index (χ1v) is 8.65. The number of hydrogen-bond acceptors (Lipinski definition) is 4. The Kier molecular flexibility index (Phi) is 4.88. The molecular weight excluding hydrogens is 357 g/mol. The van der Waals surface area contributed by atoms with Crippen LogP contribution in [0.2, 0.25) is 0 Å². The van der Waals surface area contributed by atoms with Crippen LogP contribution in [0.5, 0.6) is 0 Å². The fourth-order valence-corrected chi connectivity index (χ4v) is 2.72. The van der Waals surface area contributed by atoms with Gasteiger partial charge in [0.2, 0.25) is 0 Å². The zero-order valence-corrected chi connectivity index (χ0v) is 14.8. The van der Waals surface area contributed by atoms with Crippen LogP contribution < -0.4 is 5.32 Å². The molecule has 2 aromatic heterocycles. The van der Waals surface area contributed by atoms with Crippen LogP contribution in [0.25, 0.3) is 16.8 Å². The lowest BCUT2D eigenvalue weighted by atomic mass is 10.0. The Hall–Kier alpha value is -3.87. The summed E-state index contributed by atoms with van der Waals surface area (Å²) in [5.74, 6) is -0.484. The molecule has 0 unspecified atom stereocenters. The lowest BCUT2D eigenvalue weighted by molar-refractivity contribution is 0.0950. The third kappa shape index (κ3) is 3.93. The lowest BCUT2D eigenvalue weighted by Crippen LogP contribution is -2.22. The number of benzene rings is 2. The van der Waals surface area contributed by atoms with Crippen molar-refractivity contribution >= 4 is 5.91 Å². The van der Waals surface area contributed by atoms with Gasteiger partial charge in [0.15, 0.2) is 0 Å². The highest BCUT2D eigenvalue weighted by atomic mass is 19.1. The number of nitrogens with one attached hydrogen (secondary N) is 1. The Morgan fingerprint density at radius 1 is 1.00 bits per heavy atom. The van der Waals surface area contributed by atoms with Crippen LogP contribution in [0.4, 0.5) is 4.39 Å². The summed E-state index contributed by atoms with van der Waals surface area (Å²) in [7, 11) is 0. The van der Waals surface area contributed by atoms with Crippen LogP contribution in [0, 0.1) is 5.82 Å². The van der Waals surface area contributed by atoms with Crippen molar-refractivity contribution in [3.05, 3.63) is 96.3 Å². The van der Waals surface area contributed by atoms with Gasteiger partial charge in [-0.3, -0.25) is 9.78 Å². The third-order valence-corrected chi connectivity index (χ3v) is 4.21. The van der Waals surface area contributed by atoms with Crippen LogP contribution in [0.3, 0.4) is 0 Å². The molecule has 0 aliphatic heterocycles. The van der Waals surface area contributed by atoms with Crippen molar-refractivity contribution in [3.63, 3.8) is 0 Å². The Morgan fingerprint density at radius 2 is 1.71 bits per heavy atom. The van der Waals surface area contributed by atoms with Crippen LogP contribution >= 0.6 is 0 Å². The van der Waals surface area contributed by atoms with Crippen LogP contribution in [0.1, 0.15) is 16.1 Å². The first-order valence-electron chi connectivity index (χ1n) is 8.65. The van der Waals surface area contributed by atoms with Crippen molar-refractivity contribution < 1.29 is 9.18 Å². The van der Waals surface area contributed by atoms with Crippen LogP contribution in [0.15, 0.2) is 79.3 Å². The molecule has 0 spiro atoms. The van der Waals surface area contributed by atoms with Crippen molar-refractivity contribution in [1.82, 2.24) is 25.3 Å². The maximum atomic E-state index is 13.0. The topological polar surface area (TPSA) is 72.7 Å². The summed E-state index contributed by atoms with van der Waals surface area (Å²) >= 11 is 0. The Labute approximate surface area is 160 Å². The van der Waals surface area contributed by atoms with Crippen LogP contribution in [-0.2, 0) is 6.54 Å². The molecule has 0 atom stereocenters. The summed E-state index contributed by atoms with van der Waals surface area (Å²) in [5, 5.41) is 10.9. The molecule has 4 rings (SSSR count). The second-order valence-electron chi connectivity index (χ2n) is 6.13. The monoisotopic (exact) mass is 373 g/mol. The molecule has 6 nitrogen and oxygen atoms in total. The quantitative estimate of drug-likeness (QED) is 0.582. The highest BCUT2D eigenvalue weighted by Gasteiger charge is 2.08. The van der Waals surface area contributed by atoms with Crippen molar-refractivity contribution in [2.24, 2.45) is 0 Å². The lowest BCUT2D eigenvalue weighted by Gasteiger charge is -2.05. The fraction of sp³-hybridized carbons (Fsp3) is 0.0476. The number of nitrogens with zero attached hydrogens (tertiary/aromatic N) is 4. The SMILES string of the molecule is O=C(NCc1cn(-c2cccnc2)nn1)c1ccc(-c2ccc(F)cc2)cc1. The summed E-state index contributed by atoms with van der Waals surface area (Å²) in [4.78, 5) is 16.4. The Bertz CT molecular complexity index is 1080.